The van der Waals surface area contributed by atoms with Crippen molar-refractivity contribution in [3.63, 3.8) is 0 Å². The molecule has 1 aromatic heterocycles. The molecule has 96 valence electrons. The highest BCUT2D eigenvalue weighted by molar-refractivity contribution is 7.09. The lowest BCUT2D eigenvalue weighted by Gasteiger charge is -2.11. The van der Waals surface area contributed by atoms with Gasteiger partial charge in [0.25, 0.3) is 0 Å². The van der Waals surface area contributed by atoms with Crippen molar-refractivity contribution in [3.8, 4) is 0 Å². The number of thiazole rings is 1. The molecule has 0 radical (unpaired) electrons. The number of hydrogen-bond acceptors (Lipinski definition) is 4. The highest BCUT2D eigenvalue weighted by Gasteiger charge is 2.08. The number of hydrazone groups is 1. The van der Waals surface area contributed by atoms with Crippen molar-refractivity contribution in [1.29, 1.82) is 0 Å². The zero-order chi connectivity index (χ0) is 12.8. The minimum Gasteiger partial charge on any atom is -0.273 e. The van der Waals surface area contributed by atoms with Crippen LogP contribution in [0.4, 0.5) is 0 Å². The molecule has 1 N–H and O–H groups in total. The smallest absolute Gasteiger partial charge is 0.246 e. The maximum Gasteiger partial charge on any atom is 0.246 e. The zero-order valence-electron chi connectivity index (χ0n) is 10.4. The van der Waals surface area contributed by atoms with Crippen LogP contribution in [-0.2, 0) is 11.2 Å². The highest BCUT2D eigenvalue weighted by atomic mass is 32.1. The fourth-order valence-electron chi connectivity index (χ4n) is 1.83. The van der Waals surface area contributed by atoms with Gasteiger partial charge in [-0.2, -0.15) is 5.10 Å². The summed E-state index contributed by atoms with van der Waals surface area (Å²) in [5.41, 5.74) is 3.52. The number of amides is 1. The van der Waals surface area contributed by atoms with Crippen LogP contribution in [-0.4, -0.2) is 17.1 Å². The Morgan fingerprint density at radius 1 is 1.67 bits per heavy atom. The van der Waals surface area contributed by atoms with E-state index in [2.05, 4.69) is 27.7 Å². The van der Waals surface area contributed by atoms with Crippen molar-refractivity contribution >= 4 is 23.5 Å². The molecular formula is C13H17N3OS. The fourth-order valence-corrected chi connectivity index (χ4v) is 2.60. The number of aryl methyl sites for hydroxylation is 1. The topological polar surface area (TPSA) is 54.4 Å². The summed E-state index contributed by atoms with van der Waals surface area (Å²) < 4.78 is 0. The van der Waals surface area contributed by atoms with E-state index < -0.39 is 0 Å². The monoisotopic (exact) mass is 263 g/mol. The van der Waals surface area contributed by atoms with Crippen LogP contribution in [0.25, 0.3) is 0 Å². The van der Waals surface area contributed by atoms with Crippen molar-refractivity contribution in [2.45, 2.75) is 32.6 Å². The molecule has 1 amide bonds. The lowest BCUT2D eigenvalue weighted by molar-refractivity contribution is -0.120. The quantitative estimate of drug-likeness (QED) is 0.515. The van der Waals surface area contributed by atoms with Crippen molar-refractivity contribution in [1.82, 2.24) is 10.4 Å². The van der Waals surface area contributed by atoms with Gasteiger partial charge >= 0.3 is 0 Å². The minimum atomic E-state index is -0.105. The number of aromatic nitrogens is 1. The molecular weight excluding hydrogens is 246 g/mol. The number of carbonyl (C=O) groups is 1. The van der Waals surface area contributed by atoms with Gasteiger partial charge in [-0.25, -0.2) is 10.4 Å². The number of nitrogens with zero attached hydrogens (tertiary/aromatic N) is 2. The molecule has 1 atom stereocenters. The van der Waals surface area contributed by atoms with E-state index in [4.69, 9.17) is 0 Å². The average Bonchev–Trinajstić information content (AvgIpc) is 2.76. The van der Waals surface area contributed by atoms with E-state index in [9.17, 15) is 4.79 Å². The fraction of sp³-hybridized carbons (Fsp3) is 0.462. The van der Waals surface area contributed by atoms with E-state index in [-0.39, 0.29) is 5.91 Å². The first-order valence-corrected chi connectivity index (χ1v) is 7.00. The maximum atomic E-state index is 11.6. The summed E-state index contributed by atoms with van der Waals surface area (Å²) in [7, 11) is 0. The van der Waals surface area contributed by atoms with Gasteiger partial charge in [0, 0.05) is 17.3 Å². The molecule has 0 aliphatic heterocycles. The second-order valence-corrected chi connectivity index (χ2v) is 5.36. The zero-order valence-corrected chi connectivity index (χ0v) is 11.2. The second-order valence-electron chi connectivity index (χ2n) is 4.42. The molecule has 1 aliphatic carbocycles. The Morgan fingerprint density at radius 2 is 2.56 bits per heavy atom. The molecule has 0 bridgehead atoms. The van der Waals surface area contributed by atoms with E-state index >= 15 is 0 Å². The first-order valence-electron chi connectivity index (χ1n) is 6.12. The van der Waals surface area contributed by atoms with Gasteiger partial charge in [0.1, 0.15) is 5.01 Å². The molecule has 0 aromatic carbocycles. The molecule has 1 heterocycles. The molecule has 0 saturated heterocycles. The number of allylic oxidation sites excluding steroid dienone is 2. The minimum absolute atomic E-state index is 0.105. The molecule has 0 unspecified atom stereocenters. The summed E-state index contributed by atoms with van der Waals surface area (Å²) in [4.78, 5) is 15.8. The number of carbonyl (C=O) groups excluding carboxylic acids is 1. The molecule has 4 nitrogen and oxygen atoms in total. The van der Waals surface area contributed by atoms with E-state index in [0.29, 0.717) is 12.3 Å². The maximum absolute atomic E-state index is 11.6. The van der Waals surface area contributed by atoms with Gasteiger partial charge in [-0.05, 0) is 32.1 Å². The van der Waals surface area contributed by atoms with Gasteiger partial charge in [-0.1, -0.05) is 12.2 Å². The highest BCUT2D eigenvalue weighted by Crippen LogP contribution is 2.15. The Hall–Kier alpha value is -1.49. The Kier molecular flexibility index (Phi) is 4.64. The van der Waals surface area contributed by atoms with E-state index in [1.807, 2.05) is 18.5 Å². The van der Waals surface area contributed by atoms with E-state index in [1.165, 1.54) is 11.3 Å². The predicted octanol–water partition coefficient (Wildman–Crippen LogP) is 2.45. The van der Waals surface area contributed by atoms with E-state index in [0.717, 1.165) is 30.0 Å². The number of nitrogens with one attached hydrogen (secondary N) is 1. The molecule has 0 spiro atoms. The Morgan fingerprint density at radius 3 is 3.22 bits per heavy atom. The summed E-state index contributed by atoms with van der Waals surface area (Å²) in [6, 6.07) is 0. The van der Waals surface area contributed by atoms with Gasteiger partial charge < -0.3 is 0 Å². The summed E-state index contributed by atoms with van der Waals surface area (Å²) in [6.07, 6.45) is 9.73. The van der Waals surface area contributed by atoms with Gasteiger partial charge in [0.15, 0.2) is 0 Å². The third kappa shape index (κ3) is 4.07. The van der Waals surface area contributed by atoms with Crippen LogP contribution in [0.15, 0.2) is 22.6 Å². The Labute approximate surface area is 111 Å². The van der Waals surface area contributed by atoms with Crippen LogP contribution in [0.1, 0.15) is 30.0 Å². The molecule has 0 saturated carbocycles. The largest absolute Gasteiger partial charge is 0.273 e. The number of rotatable bonds is 4. The van der Waals surface area contributed by atoms with Crippen LogP contribution in [0, 0.1) is 12.8 Å². The standard InChI is InChI=1S/C13H17N3OS/c1-10-9-18-13(15-10)7-12(17)16-14-8-11-5-3-2-4-6-11/h2-3,8-9,11H,4-7H2,1H3,(H,16,17)/b14-8-/t11-/m1/s1. The van der Waals surface area contributed by atoms with Gasteiger partial charge in [0.05, 0.1) is 6.42 Å². The van der Waals surface area contributed by atoms with Gasteiger partial charge in [-0.15, -0.1) is 11.3 Å². The van der Waals surface area contributed by atoms with Crippen LogP contribution in [0.2, 0.25) is 0 Å². The van der Waals surface area contributed by atoms with Crippen molar-refractivity contribution < 1.29 is 4.79 Å². The summed E-state index contributed by atoms with van der Waals surface area (Å²) >= 11 is 1.51. The summed E-state index contributed by atoms with van der Waals surface area (Å²) in [5, 5.41) is 6.80. The first kappa shape index (κ1) is 13.0. The number of hydrogen-bond donors (Lipinski definition) is 1. The summed E-state index contributed by atoms with van der Waals surface area (Å²) in [5.74, 6) is 0.351. The van der Waals surface area contributed by atoms with Crippen molar-refractivity contribution in [2.75, 3.05) is 0 Å². The van der Waals surface area contributed by atoms with Crippen molar-refractivity contribution in [3.05, 3.63) is 28.2 Å². The molecule has 1 aliphatic rings. The lowest BCUT2D eigenvalue weighted by Crippen LogP contribution is -2.20. The van der Waals surface area contributed by atoms with Crippen LogP contribution in [0.5, 0.6) is 0 Å². The van der Waals surface area contributed by atoms with Crippen LogP contribution < -0.4 is 5.43 Å². The first-order chi connectivity index (χ1) is 8.74. The predicted molar refractivity (Wildman–Crippen MR) is 73.7 cm³/mol. The molecule has 18 heavy (non-hydrogen) atoms. The Balaban J connectivity index is 1.74. The Bertz CT molecular complexity index is 465. The second kappa shape index (κ2) is 6.44. The third-order valence-electron chi connectivity index (χ3n) is 2.76. The van der Waals surface area contributed by atoms with Gasteiger partial charge in [-0.3, -0.25) is 4.79 Å². The normalized spacial score (nSPS) is 19.3. The van der Waals surface area contributed by atoms with Crippen molar-refractivity contribution in [2.24, 2.45) is 11.0 Å². The molecule has 2 rings (SSSR count). The van der Waals surface area contributed by atoms with Crippen LogP contribution >= 0.6 is 11.3 Å². The average molecular weight is 263 g/mol. The molecule has 0 fully saturated rings. The SMILES string of the molecule is Cc1csc(CC(=O)N/N=C\[C@@H]2CC=CCC2)n1. The molecule has 5 heteroatoms. The van der Waals surface area contributed by atoms with Gasteiger partial charge in [0.2, 0.25) is 5.91 Å². The lowest BCUT2D eigenvalue weighted by atomic mass is 9.96. The third-order valence-corrected chi connectivity index (χ3v) is 3.73. The van der Waals surface area contributed by atoms with Crippen LogP contribution in [0.3, 0.4) is 0 Å². The molecule has 1 aromatic rings. The van der Waals surface area contributed by atoms with E-state index in [1.54, 1.807) is 0 Å². The summed E-state index contributed by atoms with van der Waals surface area (Å²) in [6.45, 7) is 1.92.